The van der Waals surface area contributed by atoms with Crippen LogP contribution in [0.2, 0.25) is 0 Å². The summed E-state index contributed by atoms with van der Waals surface area (Å²) in [6.45, 7) is 9.03. The van der Waals surface area contributed by atoms with Crippen molar-refractivity contribution in [2.45, 2.75) is 58.1 Å². The van der Waals surface area contributed by atoms with Crippen LogP contribution < -0.4 is 5.32 Å². The molecule has 0 aromatic heterocycles. The molecule has 1 atom stereocenters. The fourth-order valence-corrected chi connectivity index (χ4v) is 3.79. The molecule has 1 aliphatic heterocycles. The van der Waals surface area contributed by atoms with E-state index in [1.807, 2.05) is 4.90 Å². The molecule has 0 spiro atoms. The second kappa shape index (κ2) is 7.62. The molecule has 0 aromatic carbocycles. The van der Waals surface area contributed by atoms with Gasteiger partial charge in [-0.2, -0.15) is 0 Å². The summed E-state index contributed by atoms with van der Waals surface area (Å²) in [5.41, 5.74) is -0.704. The van der Waals surface area contributed by atoms with Crippen LogP contribution in [-0.2, 0) is 9.59 Å². The largest absolute Gasteiger partial charge is 0.392 e. The highest BCUT2D eigenvalue weighted by molar-refractivity contribution is 5.91. The molecule has 1 saturated carbocycles. The average molecular weight is 325 g/mol. The fourth-order valence-electron chi connectivity index (χ4n) is 3.79. The van der Waals surface area contributed by atoms with Gasteiger partial charge in [0.15, 0.2) is 0 Å². The van der Waals surface area contributed by atoms with Crippen LogP contribution in [0.4, 0.5) is 0 Å². The first-order valence-electron chi connectivity index (χ1n) is 8.81. The Morgan fingerprint density at radius 1 is 1.22 bits per heavy atom. The molecule has 2 fully saturated rings. The molecule has 6 heteroatoms. The minimum Gasteiger partial charge on any atom is -0.392 e. The minimum atomic E-state index is -0.704. The van der Waals surface area contributed by atoms with Gasteiger partial charge in [-0.15, -0.1) is 0 Å². The number of rotatable bonds is 4. The van der Waals surface area contributed by atoms with Crippen molar-refractivity contribution in [2.75, 3.05) is 32.7 Å². The highest BCUT2D eigenvalue weighted by atomic mass is 16.3. The molecule has 23 heavy (non-hydrogen) atoms. The minimum absolute atomic E-state index is 0.0799. The van der Waals surface area contributed by atoms with Crippen molar-refractivity contribution in [2.24, 2.45) is 5.92 Å². The molecule has 1 unspecified atom stereocenters. The zero-order chi connectivity index (χ0) is 17.0. The fraction of sp³-hybridized carbons (Fsp3) is 0.882. The number of carbonyl (C=O) groups is 2. The van der Waals surface area contributed by atoms with Crippen molar-refractivity contribution < 1.29 is 14.7 Å². The standard InChI is InChI=1S/C17H31N3O3/c1-13-4-6-17(7-5-13,18-15(3)22)16(23)20-10-8-19(9-11-20)12-14(2)21/h13-14,21H,4-12H2,1-3H3,(H,18,22). The van der Waals surface area contributed by atoms with Crippen molar-refractivity contribution in [3.63, 3.8) is 0 Å². The third kappa shape index (κ3) is 4.67. The number of nitrogens with one attached hydrogen (secondary N) is 1. The Morgan fingerprint density at radius 2 is 1.78 bits per heavy atom. The van der Waals surface area contributed by atoms with Gasteiger partial charge in [0, 0.05) is 39.6 Å². The van der Waals surface area contributed by atoms with Crippen molar-refractivity contribution >= 4 is 11.8 Å². The molecule has 2 aliphatic rings. The SMILES string of the molecule is CC(=O)NC1(C(=O)N2CCN(CC(C)O)CC2)CCC(C)CC1. The first-order valence-corrected chi connectivity index (χ1v) is 8.81. The molecule has 2 N–H and O–H groups in total. The lowest BCUT2D eigenvalue weighted by Crippen LogP contribution is -2.63. The van der Waals surface area contributed by atoms with Crippen LogP contribution in [0.5, 0.6) is 0 Å². The van der Waals surface area contributed by atoms with Gasteiger partial charge in [0.25, 0.3) is 0 Å². The molecule has 0 aromatic rings. The van der Waals surface area contributed by atoms with E-state index in [0.717, 1.165) is 38.8 Å². The highest BCUT2D eigenvalue weighted by Gasteiger charge is 2.44. The van der Waals surface area contributed by atoms with Gasteiger partial charge in [0.1, 0.15) is 5.54 Å². The van der Waals surface area contributed by atoms with E-state index in [2.05, 4.69) is 17.1 Å². The van der Waals surface area contributed by atoms with Gasteiger partial charge in [-0.1, -0.05) is 6.92 Å². The number of β-amino-alcohol motifs (C(OH)–C–C–N with tert-alkyl or cyclic N) is 1. The predicted molar refractivity (Wildman–Crippen MR) is 88.9 cm³/mol. The van der Waals surface area contributed by atoms with Crippen LogP contribution in [0.1, 0.15) is 46.5 Å². The highest BCUT2D eigenvalue weighted by Crippen LogP contribution is 2.33. The summed E-state index contributed by atoms with van der Waals surface area (Å²) in [6, 6.07) is 0. The molecule has 1 aliphatic carbocycles. The first-order chi connectivity index (χ1) is 10.8. The summed E-state index contributed by atoms with van der Waals surface area (Å²) >= 11 is 0. The molecule has 132 valence electrons. The van der Waals surface area contributed by atoms with Crippen molar-refractivity contribution in [1.29, 1.82) is 0 Å². The van der Waals surface area contributed by atoms with Crippen LogP contribution in [0.3, 0.4) is 0 Å². The number of carbonyl (C=O) groups excluding carboxylic acids is 2. The Hall–Kier alpha value is -1.14. The number of piperazine rings is 1. The van der Waals surface area contributed by atoms with E-state index in [1.165, 1.54) is 6.92 Å². The number of hydrogen-bond donors (Lipinski definition) is 2. The molecule has 2 amide bonds. The second-order valence-corrected chi connectivity index (χ2v) is 7.39. The number of amides is 2. The zero-order valence-corrected chi connectivity index (χ0v) is 14.7. The maximum Gasteiger partial charge on any atom is 0.248 e. The third-order valence-electron chi connectivity index (χ3n) is 5.13. The Morgan fingerprint density at radius 3 is 2.26 bits per heavy atom. The summed E-state index contributed by atoms with van der Waals surface area (Å²) in [4.78, 5) is 28.8. The predicted octanol–water partition coefficient (Wildman–Crippen LogP) is 0.596. The Balaban J connectivity index is 2.00. The van der Waals surface area contributed by atoms with E-state index >= 15 is 0 Å². The van der Waals surface area contributed by atoms with Gasteiger partial charge in [0.2, 0.25) is 11.8 Å². The molecule has 0 bridgehead atoms. The third-order valence-corrected chi connectivity index (χ3v) is 5.13. The van der Waals surface area contributed by atoms with Crippen LogP contribution in [-0.4, -0.2) is 71.1 Å². The lowest BCUT2D eigenvalue weighted by molar-refractivity contribution is -0.145. The van der Waals surface area contributed by atoms with Gasteiger partial charge in [0.05, 0.1) is 6.10 Å². The summed E-state index contributed by atoms with van der Waals surface area (Å²) in [7, 11) is 0. The summed E-state index contributed by atoms with van der Waals surface area (Å²) < 4.78 is 0. The summed E-state index contributed by atoms with van der Waals surface area (Å²) in [6.07, 6.45) is 3.09. The van der Waals surface area contributed by atoms with E-state index in [-0.39, 0.29) is 17.9 Å². The molecule has 1 saturated heterocycles. The molecule has 1 heterocycles. The molecular formula is C17H31N3O3. The lowest BCUT2D eigenvalue weighted by atomic mass is 9.76. The average Bonchev–Trinajstić information content (AvgIpc) is 2.49. The van der Waals surface area contributed by atoms with E-state index in [1.54, 1.807) is 6.92 Å². The zero-order valence-electron chi connectivity index (χ0n) is 14.7. The smallest absolute Gasteiger partial charge is 0.248 e. The van der Waals surface area contributed by atoms with Crippen molar-refractivity contribution in [3.8, 4) is 0 Å². The van der Waals surface area contributed by atoms with Gasteiger partial charge < -0.3 is 15.3 Å². The topological polar surface area (TPSA) is 72.9 Å². The first kappa shape index (κ1) is 18.2. The van der Waals surface area contributed by atoms with Crippen molar-refractivity contribution in [3.05, 3.63) is 0 Å². The molecule has 0 radical (unpaired) electrons. The molecular weight excluding hydrogens is 294 g/mol. The second-order valence-electron chi connectivity index (χ2n) is 7.39. The maximum atomic E-state index is 13.1. The van der Waals surface area contributed by atoms with Crippen LogP contribution in [0, 0.1) is 5.92 Å². The number of aliphatic hydroxyl groups is 1. The molecule has 2 rings (SSSR count). The van der Waals surface area contributed by atoms with Gasteiger partial charge in [-0.05, 0) is 38.5 Å². The maximum absolute atomic E-state index is 13.1. The lowest BCUT2D eigenvalue weighted by Gasteiger charge is -2.44. The monoisotopic (exact) mass is 325 g/mol. The molecule has 6 nitrogen and oxygen atoms in total. The summed E-state index contributed by atoms with van der Waals surface area (Å²) in [5, 5.41) is 12.5. The van der Waals surface area contributed by atoms with E-state index < -0.39 is 5.54 Å². The Bertz CT molecular complexity index is 423. The number of nitrogens with zero attached hydrogens (tertiary/aromatic N) is 2. The van der Waals surface area contributed by atoms with E-state index in [4.69, 9.17) is 0 Å². The quantitative estimate of drug-likeness (QED) is 0.794. The van der Waals surface area contributed by atoms with Gasteiger partial charge in [-0.3, -0.25) is 14.5 Å². The summed E-state index contributed by atoms with van der Waals surface area (Å²) in [5.74, 6) is 0.574. The number of aliphatic hydroxyl groups excluding tert-OH is 1. The van der Waals surface area contributed by atoms with Gasteiger partial charge in [-0.25, -0.2) is 0 Å². The van der Waals surface area contributed by atoms with E-state index in [0.29, 0.717) is 25.6 Å². The Labute approximate surface area is 139 Å². The Kier molecular flexibility index (Phi) is 6.03. The van der Waals surface area contributed by atoms with Crippen LogP contribution >= 0.6 is 0 Å². The normalized spacial score (nSPS) is 30.8. The van der Waals surface area contributed by atoms with Crippen LogP contribution in [0.15, 0.2) is 0 Å². The van der Waals surface area contributed by atoms with Crippen molar-refractivity contribution in [1.82, 2.24) is 15.1 Å². The number of hydrogen-bond acceptors (Lipinski definition) is 4. The van der Waals surface area contributed by atoms with Gasteiger partial charge >= 0.3 is 0 Å². The van der Waals surface area contributed by atoms with E-state index in [9.17, 15) is 14.7 Å². The van der Waals surface area contributed by atoms with Crippen LogP contribution in [0.25, 0.3) is 0 Å².